The third-order valence-corrected chi connectivity index (χ3v) is 3.61. The van der Waals surface area contributed by atoms with Crippen molar-refractivity contribution in [1.29, 1.82) is 0 Å². The van der Waals surface area contributed by atoms with Crippen molar-refractivity contribution in [2.24, 2.45) is 11.8 Å². The fraction of sp³-hybridized carbons (Fsp3) is 0.500. The van der Waals surface area contributed by atoms with E-state index in [4.69, 9.17) is 0 Å². The summed E-state index contributed by atoms with van der Waals surface area (Å²) in [5.41, 5.74) is 4.99. The fourth-order valence-electron chi connectivity index (χ4n) is 2.91. The SMILES string of the molecule is CCC1=C2CC3CC=C(C=C1)C23. The molecule has 0 heteroatoms. The summed E-state index contributed by atoms with van der Waals surface area (Å²) < 4.78 is 0. The third-order valence-electron chi connectivity index (χ3n) is 3.61. The first-order valence-electron chi connectivity index (χ1n) is 5.00. The summed E-state index contributed by atoms with van der Waals surface area (Å²) in [5.74, 6) is 1.85. The Labute approximate surface area is 73.7 Å². The summed E-state index contributed by atoms with van der Waals surface area (Å²) in [5, 5.41) is 0. The Hall–Kier alpha value is -0.780. The van der Waals surface area contributed by atoms with Crippen molar-refractivity contribution in [3.63, 3.8) is 0 Å². The molecule has 1 fully saturated rings. The molecule has 0 radical (unpaired) electrons. The van der Waals surface area contributed by atoms with E-state index in [1.54, 1.807) is 16.7 Å². The molecule has 0 aromatic heterocycles. The first-order valence-corrected chi connectivity index (χ1v) is 5.00. The van der Waals surface area contributed by atoms with Crippen LogP contribution in [0.2, 0.25) is 0 Å². The van der Waals surface area contributed by atoms with Crippen LogP contribution in [0.25, 0.3) is 0 Å². The van der Waals surface area contributed by atoms with Crippen molar-refractivity contribution < 1.29 is 0 Å². The van der Waals surface area contributed by atoms with Crippen molar-refractivity contribution in [2.45, 2.75) is 26.2 Å². The van der Waals surface area contributed by atoms with Gasteiger partial charge in [-0.3, -0.25) is 0 Å². The maximum atomic E-state index is 2.44. The van der Waals surface area contributed by atoms with E-state index in [1.165, 1.54) is 19.3 Å². The molecule has 0 bridgehead atoms. The zero-order chi connectivity index (χ0) is 8.13. The van der Waals surface area contributed by atoms with E-state index >= 15 is 0 Å². The van der Waals surface area contributed by atoms with E-state index in [0.29, 0.717) is 0 Å². The second kappa shape index (κ2) is 2.12. The molecule has 0 spiro atoms. The van der Waals surface area contributed by atoms with Gasteiger partial charge in [-0.25, -0.2) is 0 Å². The molecule has 12 heavy (non-hydrogen) atoms. The van der Waals surface area contributed by atoms with Crippen LogP contribution < -0.4 is 0 Å². The molecule has 3 aliphatic rings. The Bertz CT molecular complexity index is 315. The van der Waals surface area contributed by atoms with Crippen LogP contribution in [0.5, 0.6) is 0 Å². The topological polar surface area (TPSA) is 0 Å². The lowest BCUT2D eigenvalue weighted by atomic mass is 9.65. The molecule has 0 amide bonds. The fourth-order valence-corrected chi connectivity index (χ4v) is 2.91. The molecule has 2 unspecified atom stereocenters. The molecule has 0 aromatic rings. The van der Waals surface area contributed by atoms with Gasteiger partial charge in [0, 0.05) is 5.92 Å². The van der Waals surface area contributed by atoms with Crippen LogP contribution in [-0.4, -0.2) is 0 Å². The molecule has 0 heterocycles. The van der Waals surface area contributed by atoms with Crippen LogP contribution >= 0.6 is 0 Å². The zero-order valence-electron chi connectivity index (χ0n) is 7.51. The Morgan fingerprint density at radius 1 is 1.42 bits per heavy atom. The van der Waals surface area contributed by atoms with Gasteiger partial charge < -0.3 is 0 Å². The maximum Gasteiger partial charge on any atom is 0.00852 e. The summed E-state index contributed by atoms with van der Waals surface area (Å²) >= 11 is 0. The van der Waals surface area contributed by atoms with E-state index in [-0.39, 0.29) is 0 Å². The van der Waals surface area contributed by atoms with Gasteiger partial charge in [0.1, 0.15) is 0 Å². The minimum atomic E-state index is 0.866. The smallest absolute Gasteiger partial charge is 0.00852 e. The average molecular weight is 158 g/mol. The maximum absolute atomic E-state index is 2.44. The van der Waals surface area contributed by atoms with E-state index < -0.39 is 0 Å². The summed E-state index contributed by atoms with van der Waals surface area (Å²) in [6.45, 7) is 2.27. The molecule has 62 valence electrons. The molecular weight excluding hydrogens is 144 g/mol. The number of allylic oxidation sites excluding steroid dienone is 6. The van der Waals surface area contributed by atoms with Crippen molar-refractivity contribution >= 4 is 0 Å². The van der Waals surface area contributed by atoms with E-state index in [0.717, 1.165) is 11.8 Å². The predicted octanol–water partition coefficient (Wildman–Crippen LogP) is 3.23. The van der Waals surface area contributed by atoms with Gasteiger partial charge >= 0.3 is 0 Å². The molecule has 3 rings (SSSR count). The monoisotopic (exact) mass is 158 g/mol. The molecule has 2 atom stereocenters. The highest BCUT2D eigenvalue weighted by Crippen LogP contribution is 2.54. The molecule has 0 saturated heterocycles. The van der Waals surface area contributed by atoms with Gasteiger partial charge in [0.25, 0.3) is 0 Å². The van der Waals surface area contributed by atoms with Gasteiger partial charge in [0.15, 0.2) is 0 Å². The van der Waals surface area contributed by atoms with Gasteiger partial charge in [-0.2, -0.15) is 0 Å². The second-order valence-corrected chi connectivity index (χ2v) is 4.12. The van der Waals surface area contributed by atoms with Crippen LogP contribution in [0.15, 0.2) is 34.9 Å². The lowest BCUT2D eigenvalue weighted by Gasteiger charge is -2.39. The molecular formula is C12H14. The van der Waals surface area contributed by atoms with Crippen LogP contribution in [-0.2, 0) is 0 Å². The lowest BCUT2D eigenvalue weighted by Crippen LogP contribution is -2.28. The highest BCUT2D eigenvalue weighted by molar-refractivity contribution is 5.50. The highest BCUT2D eigenvalue weighted by atomic mass is 14.5. The molecule has 0 N–H and O–H groups in total. The molecule has 0 aliphatic heterocycles. The first-order chi connectivity index (χ1) is 5.90. The van der Waals surface area contributed by atoms with Gasteiger partial charge in [-0.05, 0) is 36.3 Å². The summed E-state index contributed by atoms with van der Waals surface area (Å²) in [6.07, 6.45) is 11.1. The minimum absolute atomic E-state index is 0.866. The second-order valence-electron chi connectivity index (χ2n) is 4.12. The predicted molar refractivity (Wildman–Crippen MR) is 50.8 cm³/mol. The molecule has 1 saturated carbocycles. The molecule has 3 aliphatic carbocycles. The Morgan fingerprint density at radius 3 is 3.17 bits per heavy atom. The first kappa shape index (κ1) is 6.71. The van der Waals surface area contributed by atoms with Crippen molar-refractivity contribution in [3.05, 3.63) is 34.9 Å². The highest BCUT2D eigenvalue weighted by Gasteiger charge is 2.42. The van der Waals surface area contributed by atoms with E-state index in [1.807, 2.05) is 0 Å². The normalized spacial score (nSPS) is 36.2. The Morgan fingerprint density at radius 2 is 2.33 bits per heavy atom. The lowest BCUT2D eigenvalue weighted by molar-refractivity contribution is 0.342. The summed E-state index contributed by atoms with van der Waals surface area (Å²) in [4.78, 5) is 0. The van der Waals surface area contributed by atoms with Crippen LogP contribution in [0, 0.1) is 11.8 Å². The molecule has 0 aromatic carbocycles. The zero-order valence-corrected chi connectivity index (χ0v) is 7.51. The third kappa shape index (κ3) is 0.639. The van der Waals surface area contributed by atoms with Crippen LogP contribution in [0.1, 0.15) is 26.2 Å². The Kier molecular flexibility index (Phi) is 1.19. The van der Waals surface area contributed by atoms with E-state index in [9.17, 15) is 0 Å². The standard InChI is InChI=1S/C12H14/c1-2-8-3-4-9-5-6-10-7-11(8)12(9)10/h3-5,10,12H,2,6-7H2,1H3. The van der Waals surface area contributed by atoms with E-state index in [2.05, 4.69) is 25.2 Å². The number of rotatable bonds is 1. The van der Waals surface area contributed by atoms with Crippen LogP contribution in [0.3, 0.4) is 0 Å². The van der Waals surface area contributed by atoms with Crippen LogP contribution in [0.4, 0.5) is 0 Å². The number of hydrogen-bond acceptors (Lipinski definition) is 0. The summed E-state index contributed by atoms with van der Waals surface area (Å²) in [7, 11) is 0. The molecule has 0 nitrogen and oxygen atoms in total. The number of hydrogen-bond donors (Lipinski definition) is 0. The van der Waals surface area contributed by atoms with Crippen molar-refractivity contribution in [3.8, 4) is 0 Å². The van der Waals surface area contributed by atoms with Gasteiger partial charge in [0.05, 0.1) is 0 Å². The van der Waals surface area contributed by atoms with Gasteiger partial charge in [-0.1, -0.05) is 30.7 Å². The van der Waals surface area contributed by atoms with Gasteiger partial charge in [0.2, 0.25) is 0 Å². The van der Waals surface area contributed by atoms with Crippen molar-refractivity contribution in [1.82, 2.24) is 0 Å². The largest absolute Gasteiger partial charge is 0.0804 e. The van der Waals surface area contributed by atoms with Gasteiger partial charge in [-0.15, -0.1) is 0 Å². The minimum Gasteiger partial charge on any atom is -0.0804 e. The quantitative estimate of drug-likeness (QED) is 0.549. The average Bonchev–Trinajstić information content (AvgIpc) is 2.41. The Balaban J connectivity index is 2.07. The summed E-state index contributed by atoms with van der Waals surface area (Å²) in [6, 6.07) is 0. The van der Waals surface area contributed by atoms with Crippen molar-refractivity contribution in [2.75, 3.05) is 0 Å².